The molecule has 2 N–H and O–H groups in total. The number of carbonyl (C=O) groups excluding carboxylic acids is 1. The second-order valence-corrected chi connectivity index (χ2v) is 5.53. The molecule has 0 bridgehead atoms. The van der Waals surface area contributed by atoms with Crippen molar-refractivity contribution >= 4 is 17.5 Å². The van der Waals surface area contributed by atoms with Crippen LogP contribution in [0.5, 0.6) is 5.75 Å². The fourth-order valence-electron chi connectivity index (χ4n) is 2.21. The Morgan fingerprint density at radius 3 is 2.58 bits per heavy atom. The number of aromatic nitrogens is 2. The molecule has 1 aromatic carbocycles. The quantitative estimate of drug-likeness (QED) is 0.723. The number of hydrogen-bond donors (Lipinski definition) is 2. The highest BCUT2D eigenvalue weighted by Crippen LogP contribution is 2.16. The van der Waals surface area contributed by atoms with Gasteiger partial charge in [-0.2, -0.15) is 0 Å². The van der Waals surface area contributed by atoms with Gasteiger partial charge in [-0.05, 0) is 43.7 Å². The molecule has 0 fully saturated rings. The Labute approximate surface area is 142 Å². The first-order valence-corrected chi connectivity index (χ1v) is 8.17. The lowest BCUT2D eigenvalue weighted by atomic mass is 10.2. The number of benzene rings is 1. The molecule has 1 amide bonds. The van der Waals surface area contributed by atoms with Gasteiger partial charge in [0, 0.05) is 17.9 Å². The Hall–Kier alpha value is -2.63. The van der Waals surface area contributed by atoms with Gasteiger partial charge in [0.1, 0.15) is 11.4 Å². The van der Waals surface area contributed by atoms with Crippen LogP contribution in [0.25, 0.3) is 0 Å². The summed E-state index contributed by atoms with van der Waals surface area (Å²) in [5, 5.41) is 6.00. The van der Waals surface area contributed by atoms with Gasteiger partial charge in [0.15, 0.2) is 0 Å². The van der Waals surface area contributed by atoms with Crippen LogP contribution in [0.4, 0.5) is 11.6 Å². The number of aryl methyl sites for hydroxylation is 1. The first-order chi connectivity index (χ1) is 11.6. The van der Waals surface area contributed by atoms with Gasteiger partial charge in [0.2, 0.25) is 5.95 Å². The molecule has 0 radical (unpaired) electrons. The van der Waals surface area contributed by atoms with Crippen LogP contribution in [-0.4, -0.2) is 29.5 Å². The molecule has 0 spiro atoms. The minimum atomic E-state index is -0.262. The molecule has 0 unspecified atom stereocenters. The van der Waals surface area contributed by atoms with Crippen molar-refractivity contribution in [3.8, 4) is 5.75 Å². The average Bonchev–Trinajstić information content (AvgIpc) is 2.59. The van der Waals surface area contributed by atoms with E-state index in [1.165, 1.54) is 0 Å². The van der Waals surface area contributed by atoms with E-state index in [0.717, 1.165) is 37.3 Å². The van der Waals surface area contributed by atoms with Crippen molar-refractivity contribution in [3.05, 3.63) is 41.7 Å². The third-order valence-electron chi connectivity index (χ3n) is 3.50. The van der Waals surface area contributed by atoms with E-state index in [2.05, 4.69) is 27.5 Å². The van der Waals surface area contributed by atoms with Gasteiger partial charge in [-0.25, -0.2) is 9.97 Å². The van der Waals surface area contributed by atoms with Crippen LogP contribution in [0.15, 0.2) is 30.3 Å². The van der Waals surface area contributed by atoms with Crippen molar-refractivity contribution in [1.29, 1.82) is 0 Å². The number of unbranched alkanes of at least 4 members (excludes halogenated alkanes) is 2. The second kappa shape index (κ2) is 8.86. The van der Waals surface area contributed by atoms with Gasteiger partial charge < -0.3 is 15.4 Å². The molecule has 0 atom stereocenters. The van der Waals surface area contributed by atoms with E-state index in [4.69, 9.17) is 4.74 Å². The standard InChI is InChI=1S/C18H24N4O2/c1-4-5-6-11-19-18-20-13(2)12-16(22-18)17(23)21-14-7-9-15(24-3)10-8-14/h7-10,12H,4-6,11H2,1-3H3,(H,21,23)(H,19,20,22). The number of nitrogens with zero attached hydrogens (tertiary/aromatic N) is 2. The fourth-order valence-corrected chi connectivity index (χ4v) is 2.21. The maximum atomic E-state index is 12.4. The van der Waals surface area contributed by atoms with Crippen LogP contribution in [0.1, 0.15) is 42.4 Å². The lowest BCUT2D eigenvalue weighted by Gasteiger charge is -2.09. The van der Waals surface area contributed by atoms with Crippen molar-refractivity contribution < 1.29 is 9.53 Å². The fraction of sp³-hybridized carbons (Fsp3) is 0.389. The van der Waals surface area contributed by atoms with Gasteiger partial charge in [-0.3, -0.25) is 4.79 Å². The van der Waals surface area contributed by atoms with Crippen molar-refractivity contribution in [3.63, 3.8) is 0 Å². The molecule has 0 saturated heterocycles. The molecule has 2 aromatic rings. The number of ether oxygens (including phenoxy) is 1. The largest absolute Gasteiger partial charge is 0.497 e. The predicted octanol–water partition coefficient (Wildman–Crippen LogP) is 3.65. The molecule has 0 aliphatic carbocycles. The lowest BCUT2D eigenvalue weighted by molar-refractivity contribution is 0.102. The van der Waals surface area contributed by atoms with Gasteiger partial charge in [-0.1, -0.05) is 19.8 Å². The Balaban J connectivity index is 2.03. The van der Waals surface area contributed by atoms with E-state index in [9.17, 15) is 4.79 Å². The summed E-state index contributed by atoms with van der Waals surface area (Å²) in [6.45, 7) is 4.81. The minimum absolute atomic E-state index is 0.262. The summed E-state index contributed by atoms with van der Waals surface area (Å²) in [4.78, 5) is 21.0. The number of methoxy groups -OCH3 is 1. The molecule has 6 heteroatoms. The Morgan fingerprint density at radius 2 is 1.92 bits per heavy atom. The van der Waals surface area contributed by atoms with E-state index in [-0.39, 0.29) is 5.91 Å². The number of carbonyl (C=O) groups is 1. The molecule has 24 heavy (non-hydrogen) atoms. The van der Waals surface area contributed by atoms with Crippen LogP contribution in [0.3, 0.4) is 0 Å². The Kier molecular flexibility index (Phi) is 6.54. The van der Waals surface area contributed by atoms with E-state index >= 15 is 0 Å². The highest BCUT2D eigenvalue weighted by Gasteiger charge is 2.11. The van der Waals surface area contributed by atoms with Gasteiger partial charge in [0.25, 0.3) is 5.91 Å². The predicted molar refractivity (Wildman–Crippen MR) is 95.7 cm³/mol. The van der Waals surface area contributed by atoms with Crippen molar-refractivity contribution in [2.24, 2.45) is 0 Å². The van der Waals surface area contributed by atoms with Crippen molar-refractivity contribution in [2.75, 3.05) is 24.3 Å². The first-order valence-electron chi connectivity index (χ1n) is 8.17. The van der Waals surface area contributed by atoms with E-state index in [1.54, 1.807) is 37.4 Å². The number of rotatable bonds is 8. The highest BCUT2D eigenvalue weighted by molar-refractivity contribution is 6.03. The summed E-state index contributed by atoms with van der Waals surface area (Å²) >= 11 is 0. The van der Waals surface area contributed by atoms with Gasteiger partial charge in [0.05, 0.1) is 7.11 Å². The molecule has 0 saturated carbocycles. The normalized spacial score (nSPS) is 10.3. The Morgan fingerprint density at radius 1 is 1.17 bits per heavy atom. The smallest absolute Gasteiger partial charge is 0.274 e. The first kappa shape index (κ1) is 17.7. The number of amides is 1. The topological polar surface area (TPSA) is 76.1 Å². The molecule has 1 aromatic heterocycles. The summed E-state index contributed by atoms with van der Waals surface area (Å²) in [7, 11) is 1.60. The van der Waals surface area contributed by atoms with E-state index < -0.39 is 0 Å². The molecule has 1 heterocycles. The molecule has 0 aliphatic heterocycles. The molecule has 0 aliphatic rings. The van der Waals surface area contributed by atoms with Crippen LogP contribution < -0.4 is 15.4 Å². The number of nitrogens with one attached hydrogen (secondary N) is 2. The molecule has 6 nitrogen and oxygen atoms in total. The Bertz CT molecular complexity index is 671. The SMILES string of the molecule is CCCCCNc1nc(C)cc(C(=O)Nc2ccc(OC)cc2)n1. The third-order valence-corrected chi connectivity index (χ3v) is 3.50. The molecular weight excluding hydrogens is 304 g/mol. The molecule has 2 rings (SSSR count). The zero-order valence-corrected chi connectivity index (χ0v) is 14.4. The summed E-state index contributed by atoms with van der Waals surface area (Å²) in [5.41, 5.74) is 1.79. The number of anilines is 2. The maximum absolute atomic E-state index is 12.4. The van der Waals surface area contributed by atoms with E-state index in [1.807, 2.05) is 6.92 Å². The zero-order chi connectivity index (χ0) is 17.4. The van der Waals surface area contributed by atoms with Crippen molar-refractivity contribution in [1.82, 2.24) is 9.97 Å². The highest BCUT2D eigenvalue weighted by atomic mass is 16.5. The average molecular weight is 328 g/mol. The second-order valence-electron chi connectivity index (χ2n) is 5.53. The third kappa shape index (κ3) is 5.22. The van der Waals surface area contributed by atoms with Crippen molar-refractivity contribution in [2.45, 2.75) is 33.1 Å². The molecule has 128 valence electrons. The van der Waals surface area contributed by atoms with Crippen LogP contribution in [-0.2, 0) is 0 Å². The maximum Gasteiger partial charge on any atom is 0.274 e. The lowest BCUT2D eigenvalue weighted by Crippen LogP contribution is -2.16. The summed E-state index contributed by atoms with van der Waals surface area (Å²) in [6, 6.07) is 8.84. The van der Waals surface area contributed by atoms with E-state index in [0.29, 0.717) is 17.3 Å². The summed E-state index contributed by atoms with van der Waals surface area (Å²) in [6.07, 6.45) is 3.37. The van der Waals surface area contributed by atoms with Gasteiger partial charge >= 0.3 is 0 Å². The monoisotopic (exact) mass is 328 g/mol. The van der Waals surface area contributed by atoms with Crippen LogP contribution in [0.2, 0.25) is 0 Å². The minimum Gasteiger partial charge on any atom is -0.497 e. The molecular formula is C18H24N4O2. The number of hydrogen-bond acceptors (Lipinski definition) is 5. The van der Waals surface area contributed by atoms with Gasteiger partial charge in [-0.15, -0.1) is 0 Å². The zero-order valence-electron chi connectivity index (χ0n) is 14.4. The van der Waals surface area contributed by atoms with Crippen LogP contribution in [0, 0.1) is 6.92 Å². The summed E-state index contributed by atoms with van der Waals surface area (Å²) in [5.74, 6) is 0.970. The van der Waals surface area contributed by atoms with Crippen LogP contribution >= 0.6 is 0 Å². The summed E-state index contributed by atoms with van der Waals surface area (Å²) < 4.78 is 5.10.